The third-order valence-electron chi connectivity index (χ3n) is 2.98. The van der Waals surface area contributed by atoms with Gasteiger partial charge in [0.05, 0.1) is 0 Å². The van der Waals surface area contributed by atoms with Crippen LogP contribution in [-0.2, 0) is 11.3 Å². The molecule has 0 amide bonds. The number of hydrogen-bond donors (Lipinski definition) is 1. The second-order valence-corrected chi connectivity index (χ2v) is 4.48. The number of para-hydroxylation sites is 1. The second kappa shape index (κ2) is 5.49. The fraction of sp³-hybridized carbons (Fsp3) is 0.200. The molecule has 3 aromatic rings. The molecule has 0 bridgehead atoms. The average Bonchev–Trinajstić information content (AvgIpc) is 2.90. The van der Waals surface area contributed by atoms with Gasteiger partial charge < -0.3 is 14.1 Å². The average molecular weight is 288 g/mol. The number of aromatic nitrogens is 2. The summed E-state index contributed by atoms with van der Waals surface area (Å²) in [4.78, 5) is 18.5. The lowest BCUT2D eigenvalue weighted by Crippen LogP contribution is -2.12. The van der Waals surface area contributed by atoms with Crippen molar-refractivity contribution < 1.29 is 13.5 Å². The highest BCUT2D eigenvalue weighted by Crippen LogP contribution is 2.27. The summed E-state index contributed by atoms with van der Waals surface area (Å²) >= 11 is 0. The predicted octanol–water partition coefficient (Wildman–Crippen LogP) is 2.86. The van der Waals surface area contributed by atoms with E-state index in [0.717, 1.165) is 0 Å². The summed E-state index contributed by atoms with van der Waals surface area (Å²) in [6.45, 7) is 2.57. The van der Waals surface area contributed by atoms with E-state index < -0.39 is 5.82 Å². The Labute approximate surface area is 119 Å². The van der Waals surface area contributed by atoms with Crippen molar-refractivity contribution in [1.82, 2.24) is 9.97 Å². The summed E-state index contributed by atoms with van der Waals surface area (Å²) in [7, 11) is 0. The number of nitrogens with zero attached hydrogens (tertiary/aromatic N) is 1. The first kappa shape index (κ1) is 13.5. The summed E-state index contributed by atoms with van der Waals surface area (Å²) in [5.41, 5.74) is 0.195. The third kappa shape index (κ3) is 2.71. The molecule has 0 saturated heterocycles. The molecule has 2 aromatic heterocycles. The minimum absolute atomic E-state index is 0.154. The van der Waals surface area contributed by atoms with E-state index in [2.05, 4.69) is 9.97 Å². The number of aromatic amines is 1. The Balaban J connectivity index is 2.07. The molecular weight excluding hydrogens is 275 g/mol. The van der Waals surface area contributed by atoms with E-state index in [0.29, 0.717) is 29.3 Å². The highest BCUT2D eigenvalue weighted by atomic mass is 19.1. The van der Waals surface area contributed by atoms with Crippen LogP contribution in [0.3, 0.4) is 0 Å². The number of H-pyrrole nitrogens is 1. The molecule has 0 radical (unpaired) electrons. The van der Waals surface area contributed by atoms with Gasteiger partial charge in [-0.1, -0.05) is 12.1 Å². The number of hydrogen-bond acceptors (Lipinski definition) is 4. The molecule has 0 unspecified atom stereocenters. The molecule has 0 aliphatic rings. The molecule has 0 fully saturated rings. The highest BCUT2D eigenvalue weighted by Gasteiger charge is 2.12. The molecular formula is C15H13FN2O3. The molecule has 0 saturated carbocycles. The topological polar surface area (TPSA) is 68.1 Å². The van der Waals surface area contributed by atoms with Gasteiger partial charge in [-0.15, -0.1) is 0 Å². The van der Waals surface area contributed by atoms with Gasteiger partial charge in [-0.3, -0.25) is 4.79 Å². The summed E-state index contributed by atoms with van der Waals surface area (Å²) in [5, 5.41) is 0.624. The maximum Gasteiger partial charge on any atom is 0.251 e. The molecule has 6 heteroatoms. The molecule has 1 aromatic carbocycles. The van der Waals surface area contributed by atoms with Crippen molar-refractivity contribution >= 4 is 11.0 Å². The van der Waals surface area contributed by atoms with Crippen molar-refractivity contribution in [3.63, 3.8) is 0 Å². The van der Waals surface area contributed by atoms with Crippen LogP contribution < -0.4 is 5.56 Å². The van der Waals surface area contributed by atoms with E-state index in [1.807, 2.05) is 6.92 Å². The standard InChI is InChI=1S/C15H13FN2O3/c1-2-20-8-13-17-11(7-14(19)18-13)12-6-9-4-3-5-10(16)15(9)21-12/h3-7H,2,8H2,1H3,(H,17,18,19). The number of furan rings is 1. The van der Waals surface area contributed by atoms with Crippen LogP contribution in [0, 0.1) is 5.82 Å². The van der Waals surface area contributed by atoms with Crippen LogP contribution in [0.5, 0.6) is 0 Å². The lowest BCUT2D eigenvalue weighted by atomic mass is 10.2. The maximum absolute atomic E-state index is 13.6. The zero-order valence-electron chi connectivity index (χ0n) is 11.4. The monoisotopic (exact) mass is 288 g/mol. The summed E-state index contributed by atoms with van der Waals surface area (Å²) < 4.78 is 24.3. The van der Waals surface area contributed by atoms with Gasteiger partial charge in [-0.25, -0.2) is 9.37 Å². The number of ether oxygens (including phenoxy) is 1. The molecule has 0 spiro atoms. The SMILES string of the molecule is CCOCc1nc(-c2cc3cccc(F)c3o2)cc(=O)[nH]1. The molecule has 3 rings (SSSR count). The summed E-state index contributed by atoms with van der Waals surface area (Å²) in [6.07, 6.45) is 0. The molecule has 1 N–H and O–H groups in total. The van der Waals surface area contributed by atoms with Gasteiger partial charge >= 0.3 is 0 Å². The van der Waals surface area contributed by atoms with Crippen molar-refractivity contribution in [2.24, 2.45) is 0 Å². The van der Waals surface area contributed by atoms with Crippen molar-refractivity contribution in [1.29, 1.82) is 0 Å². The first-order valence-electron chi connectivity index (χ1n) is 6.54. The molecule has 108 valence electrons. The van der Waals surface area contributed by atoms with Gasteiger partial charge in [-0.05, 0) is 19.1 Å². The Morgan fingerprint density at radius 3 is 3.00 bits per heavy atom. The Morgan fingerprint density at radius 1 is 1.38 bits per heavy atom. The summed E-state index contributed by atoms with van der Waals surface area (Å²) in [5.74, 6) is 0.303. The van der Waals surface area contributed by atoms with Crippen LogP contribution in [0.1, 0.15) is 12.7 Å². The number of fused-ring (bicyclic) bond motifs is 1. The number of benzene rings is 1. The van der Waals surface area contributed by atoms with Crippen LogP contribution in [0.2, 0.25) is 0 Å². The predicted molar refractivity (Wildman–Crippen MR) is 75.4 cm³/mol. The second-order valence-electron chi connectivity index (χ2n) is 4.48. The van der Waals surface area contributed by atoms with Crippen molar-refractivity contribution in [2.75, 3.05) is 6.61 Å². The van der Waals surface area contributed by atoms with Gasteiger partial charge in [0.15, 0.2) is 17.2 Å². The van der Waals surface area contributed by atoms with Crippen molar-refractivity contribution in [3.8, 4) is 11.5 Å². The number of rotatable bonds is 4. The van der Waals surface area contributed by atoms with Crippen molar-refractivity contribution in [3.05, 3.63) is 52.3 Å². The Bertz CT molecular complexity index is 838. The number of halogens is 1. The van der Waals surface area contributed by atoms with E-state index >= 15 is 0 Å². The van der Waals surface area contributed by atoms with E-state index in [-0.39, 0.29) is 17.7 Å². The zero-order chi connectivity index (χ0) is 14.8. The van der Waals surface area contributed by atoms with E-state index in [1.165, 1.54) is 12.1 Å². The highest BCUT2D eigenvalue weighted by molar-refractivity contribution is 5.82. The van der Waals surface area contributed by atoms with Gasteiger partial charge in [0.1, 0.15) is 18.1 Å². The molecule has 21 heavy (non-hydrogen) atoms. The largest absolute Gasteiger partial charge is 0.451 e. The van der Waals surface area contributed by atoms with Crippen molar-refractivity contribution in [2.45, 2.75) is 13.5 Å². The van der Waals surface area contributed by atoms with Gasteiger partial charge in [-0.2, -0.15) is 0 Å². The van der Waals surface area contributed by atoms with Gasteiger partial charge in [0.2, 0.25) is 0 Å². The normalized spacial score (nSPS) is 11.1. The lowest BCUT2D eigenvalue weighted by Gasteiger charge is -2.02. The quantitative estimate of drug-likeness (QED) is 0.801. The smallest absolute Gasteiger partial charge is 0.251 e. The summed E-state index contributed by atoms with van der Waals surface area (Å²) in [6, 6.07) is 7.62. The van der Waals surface area contributed by atoms with E-state index in [1.54, 1.807) is 18.2 Å². The minimum atomic E-state index is -0.446. The Kier molecular flexibility index (Phi) is 3.53. The van der Waals surface area contributed by atoms with Crippen LogP contribution >= 0.6 is 0 Å². The zero-order valence-corrected chi connectivity index (χ0v) is 11.4. The van der Waals surface area contributed by atoms with E-state index in [9.17, 15) is 9.18 Å². The molecule has 2 heterocycles. The number of nitrogens with one attached hydrogen (secondary N) is 1. The lowest BCUT2D eigenvalue weighted by molar-refractivity contribution is 0.128. The van der Waals surface area contributed by atoms with Crippen LogP contribution in [0.15, 0.2) is 39.5 Å². The van der Waals surface area contributed by atoms with Gasteiger partial charge in [0.25, 0.3) is 5.56 Å². The van der Waals surface area contributed by atoms with Crippen LogP contribution in [0.4, 0.5) is 4.39 Å². The molecule has 0 atom stereocenters. The molecule has 0 aliphatic carbocycles. The van der Waals surface area contributed by atoms with Crippen LogP contribution in [0.25, 0.3) is 22.4 Å². The fourth-order valence-electron chi connectivity index (χ4n) is 2.06. The molecule has 0 aliphatic heterocycles. The maximum atomic E-state index is 13.6. The Hall–Kier alpha value is -2.47. The molecule has 5 nitrogen and oxygen atoms in total. The Morgan fingerprint density at radius 2 is 2.24 bits per heavy atom. The first-order valence-corrected chi connectivity index (χ1v) is 6.54. The van der Waals surface area contributed by atoms with E-state index in [4.69, 9.17) is 9.15 Å². The van der Waals surface area contributed by atoms with Crippen LogP contribution in [-0.4, -0.2) is 16.6 Å². The minimum Gasteiger partial charge on any atom is -0.451 e. The third-order valence-corrected chi connectivity index (χ3v) is 2.98. The first-order chi connectivity index (χ1) is 10.2. The van der Waals surface area contributed by atoms with Gasteiger partial charge in [0, 0.05) is 18.1 Å². The fourth-order valence-corrected chi connectivity index (χ4v) is 2.06.